The molecule has 0 aliphatic carbocycles. The first-order chi connectivity index (χ1) is 8.13. The fourth-order valence-electron chi connectivity index (χ4n) is 1.54. The van der Waals surface area contributed by atoms with Crippen LogP contribution >= 0.6 is 0 Å². The molecule has 0 radical (unpaired) electrons. The van der Waals surface area contributed by atoms with Crippen molar-refractivity contribution in [2.24, 2.45) is 0 Å². The minimum atomic E-state index is -0.149. The Hall–Kier alpha value is -1.96. The van der Waals surface area contributed by atoms with Crippen LogP contribution in [0, 0.1) is 18.3 Å². The van der Waals surface area contributed by atoms with Gasteiger partial charge in [-0.1, -0.05) is 6.92 Å². The Morgan fingerprint density at radius 3 is 2.71 bits per heavy atom. The number of carbonyl (C=O) groups is 1. The van der Waals surface area contributed by atoms with E-state index in [2.05, 4.69) is 10.2 Å². The Balaban J connectivity index is 3.10. The predicted molar refractivity (Wildman–Crippen MR) is 63.3 cm³/mol. The third kappa shape index (κ3) is 3.00. The lowest BCUT2D eigenvalue weighted by molar-refractivity contribution is 0.0782. The molecule has 1 aromatic heterocycles. The van der Waals surface area contributed by atoms with Crippen molar-refractivity contribution >= 4 is 5.91 Å². The summed E-state index contributed by atoms with van der Waals surface area (Å²) in [6.45, 7) is 6.18. The van der Waals surface area contributed by atoms with E-state index in [1.807, 2.05) is 19.9 Å². The van der Waals surface area contributed by atoms with Crippen molar-refractivity contribution in [3.8, 4) is 6.07 Å². The van der Waals surface area contributed by atoms with Crippen LogP contribution in [0.15, 0.2) is 6.07 Å². The summed E-state index contributed by atoms with van der Waals surface area (Å²) in [5.74, 6) is -0.149. The van der Waals surface area contributed by atoms with Crippen molar-refractivity contribution < 1.29 is 4.79 Å². The van der Waals surface area contributed by atoms with E-state index in [0.717, 1.165) is 0 Å². The molecule has 1 amide bonds. The van der Waals surface area contributed by atoms with Gasteiger partial charge < -0.3 is 4.90 Å². The Labute approximate surface area is 101 Å². The molecule has 0 aliphatic heterocycles. The summed E-state index contributed by atoms with van der Waals surface area (Å²) in [5.41, 5.74) is 1.94. The molecule has 0 aliphatic rings. The van der Waals surface area contributed by atoms with Gasteiger partial charge in [-0.2, -0.15) is 15.5 Å². The van der Waals surface area contributed by atoms with Gasteiger partial charge in [-0.05, 0) is 26.3 Å². The molecule has 1 rings (SSSR count). The fourth-order valence-corrected chi connectivity index (χ4v) is 1.54. The van der Waals surface area contributed by atoms with Gasteiger partial charge in [-0.3, -0.25) is 4.79 Å². The zero-order valence-electron chi connectivity index (χ0n) is 10.4. The number of hydrogen-bond acceptors (Lipinski definition) is 4. The highest BCUT2D eigenvalue weighted by Crippen LogP contribution is 2.10. The van der Waals surface area contributed by atoms with E-state index in [0.29, 0.717) is 29.9 Å². The number of amides is 1. The van der Waals surface area contributed by atoms with Crippen LogP contribution in [-0.4, -0.2) is 34.1 Å². The number of carbonyl (C=O) groups excluding carboxylic acids is 1. The monoisotopic (exact) mass is 232 g/mol. The molecule has 0 unspecified atom stereocenters. The molecule has 0 spiro atoms. The van der Waals surface area contributed by atoms with E-state index in [1.54, 1.807) is 13.0 Å². The maximum absolute atomic E-state index is 12.2. The number of aryl methyl sites for hydroxylation is 2. The fraction of sp³-hybridized carbons (Fsp3) is 0.500. The van der Waals surface area contributed by atoms with Gasteiger partial charge in [0.1, 0.15) is 6.54 Å². The molecule has 0 saturated heterocycles. The number of aromatic nitrogens is 2. The zero-order chi connectivity index (χ0) is 12.8. The maximum Gasteiger partial charge on any atom is 0.256 e. The summed E-state index contributed by atoms with van der Waals surface area (Å²) in [7, 11) is 0. The van der Waals surface area contributed by atoms with E-state index >= 15 is 0 Å². The van der Waals surface area contributed by atoms with Crippen LogP contribution in [0.4, 0.5) is 0 Å². The van der Waals surface area contributed by atoms with Crippen molar-refractivity contribution in [3.05, 3.63) is 23.0 Å². The van der Waals surface area contributed by atoms with Gasteiger partial charge in [-0.25, -0.2) is 0 Å². The van der Waals surface area contributed by atoms with Crippen molar-refractivity contribution in [2.75, 3.05) is 13.1 Å². The molecule has 90 valence electrons. The number of nitrogens with zero attached hydrogens (tertiary/aromatic N) is 4. The normalized spacial score (nSPS) is 9.76. The van der Waals surface area contributed by atoms with Gasteiger partial charge in [0.05, 0.1) is 23.0 Å². The second-order valence-corrected chi connectivity index (χ2v) is 3.68. The second-order valence-electron chi connectivity index (χ2n) is 3.68. The minimum Gasteiger partial charge on any atom is -0.326 e. The maximum atomic E-state index is 12.2. The molecular weight excluding hydrogens is 216 g/mol. The lowest BCUT2D eigenvalue weighted by atomic mass is 10.1. The summed E-state index contributed by atoms with van der Waals surface area (Å²) >= 11 is 0. The van der Waals surface area contributed by atoms with Crippen LogP contribution in [0.25, 0.3) is 0 Å². The highest BCUT2D eigenvalue weighted by Gasteiger charge is 2.18. The number of hydrogen-bond donors (Lipinski definition) is 0. The highest BCUT2D eigenvalue weighted by atomic mass is 16.2. The lowest BCUT2D eigenvalue weighted by Gasteiger charge is -2.18. The molecule has 0 fully saturated rings. The average Bonchev–Trinajstić information content (AvgIpc) is 2.35. The first kappa shape index (κ1) is 13.1. The summed E-state index contributed by atoms with van der Waals surface area (Å²) < 4.78 is 0. The number of nitriles is 1. The largest absolute Gasteiger partial charge is 0.326 e. The van der Waals surface area contributed by atoms with Crippen LogP contribution in [0.3, 0.4) is 0 Å². The average molecular weight is 232 g/mol. The SMILES string of the molecule is CCc1nnc(C)cc1C(=O)N(CC)CC#N. The molecule has 5 heteroatoms. The van der Waals surface area contributed by atoms with Crippen LogP contribution in [0.1, 0.15) is 35.6 Å². The standard InChI is InChI=1S/C12H16N4O/c1-4-11-10(8-9(3)14-15-11)12(17)16(5-2)7-6-13/h8H,4-5,7H2,1-3H3. The quantitative estimate of drug-likeness (QED) is 0.734. The summed E-state index contributed by atoms with van der Waals surface area (Å²) in [6, 6.07) is 3.72. The van der Waals surface area contributed by atoms with E-state index < -0.39 is 0 Å². The summed E-state index contributed by atoms with van der Waals surface area (Å²) in [4.78, 5) is 13.7. The number of rotatable bonds is 4. The molecule has 0 saturated carbocycles. The van der Waals surface area contributed by atoms with Crippen molar-refractivity contribution in [1.29, 1.82) is 5.26 Å². The van der Waals surface area contributed by atoms with E-state index in [1.165, 1.54) is 4.90 Å². The lowest BCUT2D eigenvalue weighted by Crippen LogP contribution is -2.32. The molecular formula is C12H16N4O. The van der Waals surface area contributed by atoms with Crippen LogP contribution in [-0.2, 0) is 6.42 Å². The van der Waals surface area contributed by atoms with Gasteiger partial charge in [0, 0.05) is 6.54 Å². The molecule has 0 bridgehead atoms. The van der Waals surface area contributed by atoms with Gasteiger partial charge in [0.25, 0.3) is 5.91 Å². The van der Waals surface area contributed by atoms with E-state index in [-0.39, 0.29) is 12.5 Å². The minimum absolute atomic E-state index is 0.0971. The smallest absolute Gasteiger partial charge is 0.256 e. The van der Waals surface area contributed by atoms with Gasteiger partial charge in [0.15, 0.2) is 0 Å². The van der Waals surface area contributed by atoms with Crippen LogP contribution in [0.5, 0.6) is 0 Å². The molecule has 1 aromatic rings. The van der Waals surface area contributed by atoms with E-state index in [4.69, 9.17) is 5.26 Å². The van der Waals surface area contributed by atoms with Gasteiger partial charge >= 0.3 is 0 Å². The van der Waals surface area contributed by atoms with Crippen molar-refractivity contribution in [2.45, 2.75) is 27.2 Å². The van der Waals surface area contributed by atoms with Crippen LogP contribution < -0.4 is 0 Å². The Kier molecular flexibility index (Phi) is 4.58. The first-order valence-electron chi connectivity index (χ1n) is 5.63. The van der Waals surface area contributed by atoms with E-state index in [9.17, 15) is 4.79 Å². The first-order valence-corrected chi connectivity index (χ1v) is 5.63. The Morgan fingerprint density at radius 2 is 2.18 bits per heavy atom. The third-order valence-corrected chi connectivity index (χ3v) is 2.49. The van der Waals surface area contributed by atoms with Gasteiger partial charge in [-0.15, -0.1) is 0 Å². The molecule has 5 nitrogen and oxygen atoms in total. The Morgan fingerprint density at radius 1 is 1.47 bits per heavy atom. The topological polar surface area (TPSA) is 69.9 Å². The molecule has 1 heterocycles. The predicted octanol–water partition coefficient (Wildman–Crippen LogP) is 1.33. The third-order valence-electron chi connectivity index (χ3n) is 2.49. The zero-order valence-corrected chi connectivity index (χ0v) is 10.4. The molecule has 17 heavy (non-hydrogen) atoms. The highest BCUT2D eigenvalue weighted by molar-refractivity contribution is 5.95. The Bertz CT molecular complexity index is 450. The molecule has 0 aromatic carbocycles. The van der Waals surface area contributed by atoms with Crippen molar-refractivity contribution in [1.82, 2.24) is 15.1 Å². The van der Waals surface area contributed by atoms with Crippen molar-refractivity contribution in [3.63, 3.8) is 0 Å². The van der Waals surface area contributed by atoms with Gasteiger partial charge in [0.2, 0.25) is 0 Å². The molecule has 0 atom stereocenters. The summed E-state index contributed by atoms with van der Waals surface area (Å²) in [6.07, 6.45) is 0.651. The molecule has 0 N–H and O–H groups in total. The summed E-state index contributed by atoms with van der Waals surface area (Å²) in [5, 5.41) is 16.6. The second kappa shape index (κ2) is 5.94. The van der Waals surface area contributed by atoms with Crippen LogP contribution in [0.2, 0.25) is 0 Å².